The van der Waals surface area contributed by atoms with Gasteiger partial charge in [-0.05, 0) is 25.0 Å². The third-order valence-electron chi connectivity index (χ3n) is 3.44. The van der Waals surface area contributed by atoms with Crippen molar-refractivity contribution in [3.8, 4) is 0 Å². The van der Waals surface area contributed by atoms with Crippen LogP contribution in [0.15, 0.2) is 17.1 Å². The number of ether oxygens (including phenoxy) is 1. The molecule has 22 heavy (non-hydrogen) atoms. The first-order chi connectivity index (χ1) is 10.5. The maximum atomic E-state index is 12.5. The van der Waals surface area contributed by atoms with Gasteiger partial charge >= 0.3 is 5.97 Å². The number of carbonyl (C=O) groups is 1. The van der Waals surface area contributed by atoms with Crippen molar-refractivity contribution in [3.05, 3.63) is 34.0 Å². The van der Waals surface area contributed by atoms with E-state index in [0.717, 1.165) is 24.2 Å². The van der Waals surface area contributed by atoms with Crippen LogP contribution in [0.2, 0.25) is 0 Å². The third-order valence-corrected chi connectivity index (χ3v) is 3.44. The number of aryl methyl sites for hydroxylation is 1. The Bertz CT molecular complexity index is 728. The summed E-state index contributed by atoms with van der Waals surface area (Å²) in [5, 5.41) is 4.36. The summed E-state index contributed by atoms with van der Waals surface area (Å²) >= 11 is 0. The predicted molar refractivity (Wildman–Crippen MR) is 84.2 cm³/mol. The minimum Gasteiger partial charge on any atom is -0.465 e. The van der Waals surface area contributed by atoms with Crippen LogP contribution in [0.5, 0.6) is 0 Å². The second-order valence-corrected chi connectivity index (χ2v) is 5.63. The Labute approximate surface area is 129 Å². The first kappa shape index (κ1) is 16.3. The summed E-state index contributed by atoms with van der Waals surface area (Å²) in [5.74, 6) is 0.455. The van der Waals surface area contributed by atoms with Gasteiger partial charge in [-0.3, -0.25) is 14.0 Å². The van der Waals surface area contributed by atoms with Gasteiger partial charge in [0.15, 0.2) is 0 Å². The van der Waals surface area contributed by atoms with Crippen LogP contribution >= 0.6 is 0 Å². The molecule has 2 aromatic heterocycles. The lowest BCUT2D eigenvalue weighted by Gasteiger charge is -2.12. The highest BCUT2D eigenvalue weighted by Gasteiger charge is 2.16. The molecule has 0 unspecified atom stereocenters. The van der Waals surface area contributed by atoms with Crippen LogP contribution in [0.3, 0.4) is 0 Å². The number of hydrogen-bond acceptors (Lipinski definition) is 4. The average Bonchev–Trinajstić information content (AvgIpc) is 2.86. The van der Waals surface area contributed by atoms with E-state index in [-0.39, 0.29) is 18.0 Å². The largest absolute Gasteiger partial charge is 0.465 e. The molecule has 0 saturated heterocycles. The lowest BCUT2D eigenvalue weighted by Crippen LogP contribution is -2.30. The van der Waals surface area contributed by atoms with E-state index in [0.29, 0.717) is 12.1 Å². The standard InChI is InChI=1S/C16H23N3O3/c1-5-7-12-8-13-16(21)19(10-14(20)22-6-2)17-15(11(3)4)18(13)9-12/h8-9,11H,5-7,10H2,1-4H3. The van der Waals surface area contributed by atoms with Crippen LogP contribution in [0, 0.1) is 0 Å². The molecule has 2 aromatic rings. The molecule has 2 rings (SSSR count). The monoisotopic (exact) mass is 305 g/mol. The molecule has 0 bridgehead atoms. The molecule has 6 heteroatoms. The molecule has 0 aliphatic carbocycles. The lowest BCUT2D eigenvalue weighted by atomic mass is 10.2. The van der Waals surface area contributed by atoms with Gasteiger partial charge in [-0.25, -0.2) is 4.68 Å². The zero-order chi connectivity index (χ0) is 16.3. The Morgan fingerprint density at radius 1 is 1.36 bits per heavy atom. The number of fused-ring (bicyclic) bond motifs is 1. The smallest absolute Gasteiger partial charge is 0.327 e. The number of aromatic nitrogens is 3. The maximum absolute atomic E-state index is 12.5. The van der Waals surface area contributed by atoms with E-state index in [4.69, 9.17) is 4.74 Å². The second kappa shape index (κ2) is 6.77. The Morgan fingerprint density at radius 2 is 2.09 bits per heavy atom. The Hall–Kier alpha value is -2.11. The van der Waals surface area contributed by atoms with Crippen LogP contribution in [-0.2, 0) is 22.5 Å². The van der Waals surface area contributed by atoms with E-state index >= 15 is 0 Å². The van der Waals surface area contributed by atoms with Crippen molar-refractivity contribution < 1.29 is 9.53 Å². The zero-order valence-electron chi connectivity index (χ0n) is 13.6. The average molecular weight is 305 g/mol. The predicted octanol–water partition coefficient (Wildman–Crippen LogP) is 2.13. The van der Waals surface area contributed by atoms with Crippen LogP contribution in [0.4, 0.5) is 0 Å². The van der Waals surface area contributed by atoms with E-state index in [1.807, 2.05) is 30.5 Å². The van der Waals surface area contributed by atoms with Crippen molar-refractivity contribution in [2.24, 2.45) is 0 Å². The van der Waals surface area contributed by atoms with Gasteiger partial charge in [0.2, 0.25) is 0 Å². The number of esters is 1. The molecule has 0 fully saturated rings. The molecular weight excluding hydrogens is 282 g/mol. The highest BCUT2D eigenvalue weighted by Crippen LogP contribution is 2.16. The molecule has 6 nitrogen and oxygen atoms in total. The fourth-order valence-electron chi connectivity index (χ4n) is 2.48. The van der Waals surface area contributed by atoms with E-state index in [1.165, 1.54) is 4.68 Å². The van der Waals surface area contributed by atoms with Crippen LogP contribution < -0.4 is 5.56 Å². The second-order valence-electron chi connectivity index (χ2n) is 5.63. The maximum Gasteiger partial charge on any atom is 0.327 e. The fraction of sp³-hybridized carbons (Fsp3) is 0.562. The molecule has 0 aliphatic heterocycles. The third kappa shape index (κ3) is 3.21. The Morgan fingerprint density at radius 3 is 2.68 bits per heavy atom. The summed E-state index contributed by atoms with van der Waals surface area (Å²) in [5.41, 5.74) is 1.41. The van der Waals surface area contributed by atoms with Crippen LogP contribution in [0.1, 0.15) is 51.4 Å². The van der Waals surface area contributed by atoms with E-state index < -0.39 is 5.97 Å². The number of hydrogen-bond donors (Lipinski definition) is 0. The van der Waals surface area contributed by atoms with Crippen molar-refractivity contribution in [3.63, 3.8) is 0 Å². The molecule has 0 radical (unpaired) electrons. The molecule has 0 atom stereocenters. The first-order valence-corrected chi connectivity index (χ1v) is 7.75. The Kier molecular flexibility index (Phi) is 5.00. The molecule has 2 heterocycles. The highest BCUT2D eigenvalue weighted by atomic mass is 16.5. The van der Waals surface area contributed by atoms with Gasteiger partial charge in [0, 0.05) is 12.1 Å². The summed E-state index contributed by atoms with van der Waals surface area (Å²) in [7, 11) is 0. The number of nitrogens with zero attached hydrogens (tertiary/aromatic N) is 3. The van der Waals surface area contributed by atoms with Crippen LogP contribution in [0.25, 0.3) is 5.52 Å². The fourth-order valence-corrected chi connectivity index (χ4v) is 2.48. The Balaban J connectivity index is 2.56. The molecule has 0 N–H and O–H groups in total. The van der Waals surface area contributed by atoms with Gasteiger partial charge in [-0.2, -0.15) is 5.10 Å². The lowest BCUT2D eigenvalue weighted by molar-refractivity contribution is -0.144. The van der Waals surface area contributed by atoms with Gasteiger partial charge in [-0.1, -0.05) is 27.2 Å². The topological polar surface area (TPSA) is 65.6 Å². The van der Waals surface area contributed by atoms with Crippen molar-refractivity contribution in [1.82, 2.24) is 14.2 Å². The number of carbonyl (C=O) groups excluding carboxylic acids is 1. The first-order valence-electron chi connectivity index (χ1n) is 7.75. The summed E-state index contributed by atoms with van der Waals surface area (Å²) < 4.78 is 7.97. The van der Waals surface area contributed by atoms with Gasteiger partial charge in [0.25, 0.3) is 5.56 Å². The van der Waals surface area contributed by atoms with Crippen LogP contribution in [-0.4, -0.2) is 26.8 Å². The van der Waals surface area contributed by atoms with Crippen molar-refractivity contribution in [1.29, 1.82) is 0 Å². The van der Waals surface area contributed by atoms with E-state index in [1.54, 1.807) is 6.92 Å². The summed E-state index contributed by atoms with van der Waals surface area (Å²) in [4.78, 5) is 24.2. The quantitative estimate of drug-likeness (QED) is 0.767. The summed E-state index contributed by atoms with van der Waals surface area (Å²) in [6.45, 7) is 8.00. The van der Waals surface area contributed by atoms with Crippen molar-refractivity contribution in [2.45, 2.75) is 53.0 Å². The normalized spacial score (nSPS) is 11.3. The molecule has 0 spiro atoms. The molecular formula is C16H23N3O3. The molecule has 120 valence electrons. The van der Waals surface area contributed by atoms with Gasteiger partial charge in [-0.15, -0.1) is 0 Å². The van der Waals surface area contributed by atoms with Crippen molar-refractivity contribution >= 4 is 11.5 Å². The van der Waals surface area contributed by atoms with Crippen molar-refractivity contribution in [2.75, 3.05) is 6.61 Å². The number of rotatable bonds is 6. The SMILES string of the molecule is CCCc1cc2c(=O)n(CC(=O)OCC)nc(C(C)C)n2c1. The summed E-state index contributed by atoms with van der Waals surface area (Å²) in [6.07, 6.45) is 3.89. The van der Waals surface area contributed by atoms with Gasteiger partial charge < -0.3 is 4.74 Å². The van der Waals surface area contributed by atoms with Gasteiger partial charge in [0.1, 0.15) is 17.9 Å². The van der Waals surface area contributed by atoms with Gasteiger partial charge in [0.05, 0.1) is 6.61 Å². The molecule has 0 aromatic carbocycles. The zero-order valence-corrected chi connectivity index (χ0v) is 13.6. The van der Waals surface area contributed by atoms with E-state index in [9.17, 15) is 9.59 Å². The van der Waals surface area contributed by atoms with E-state index in [2.05, 4.69) is 12.0 Å². The minimum absolute atomic E-state index is 0.137. The molecule has 0 amide bonds. The molecule has 0 saturated carbocycles. The minimum atomic E-state index is -0.448. The highest BCUT2D eigenvalue weighted by molar-refractivity contribution is 5.69. The summed E-state index contributed by atoms with van der Waals surface area (Å²) in [6, 6.07) is 1.89. The molecule has 0 aliphatic rings.